The molecule has 3 rings (SSSR count). The van der Waals surface area contributed by atoms with E-state index in [9.17, 15) is 8.42 Å². The Morgan fingerprint density at radius 1 is 1.29 bits per heavy atom. The lowest BCUT2D eigenvalue weighted by molar-refractivity contribution is 0.423. The van der Waals surface area contributed by atoms with Crippen LogP contribution in [0.1, 0.15) is 36.8 Å². The van der Waals surface area contributed by atoms with Gasteiger partial charge in [-0.2, -0.15) is 0 Å². The molecule has 4 nitrogen and oxygen atoms in total. The van der Waals surface area contributed by atoms with E-state index in [-0.39, 0.29) is 11.8 Å². The number of benzene rings is 1. The lowest BCUT2D eigenvalue weighted by atomic mass is 10.0. The summed E-state index contributed by atoms with van der Waals surface area (Å²) in [5, 5.41) is 3.34. The minimum absolute atomic E-state index is 0.111. The SMILES string of the molecule is Cc1ccc2c(c1)CCCN2S(=O)(=O)CC1CCCCN1. The molecule has 0 radical (unpaired) electrons. The van der Waals surface area contributed by atoms with Gasteiger partial charge in [-0.05, 0) is 50.8 Å². The van der Waals surface area contributed by atoms with Gasteiger partial charge in [0, 0.05) is 12.6 Å². The highest BCUT2D eigenvalue weighted by molar-refractivity contribution is 7.92. The van der Waals surface area contributed by atoms with Crippen LogP contribution in [-0.4, -0.2) is 33.3 Å². The van der Waals surface area contributed by atoms with E-state index < -0.39 is 10.0 Å². The van der Waals surface area contributed by atoms with Gasteiger partial charge in [0.25, 0.3) is 0 Å². The fourth-order valence-corrected chi connectivity index (χ4v) is 5.25. The maximum absolute atomic E-state index is 12.8. The van der Waals surface area contributed by atoms with E-state index in [1.54, 1.807) is 4.31 Å². The van der Waals surface area contributed by atoms with Gasteiger partial charge in [-0.15, -0.1) is 0 Å². The number of piperidine rings is 1. The van der Waals surface area contributed by atoms with Crippen LogP contribution in [0.2, 0.25) is 0 Å². The minimum atomic E-state index is -3.24. The Balaban J connectivity index is 1.83. The first-order chi connectivity index (χ1) is 10.1. The summed E-state index contributed by atoms with van der Waals surface area (Å²) in [5.41, 5.74) is 3.26. The van der Waals surface area contributed by atoms with Crippen molar-refractivity contribution < 1.29 is 8.42 Å². The average molecular weight is 308 g/mol. The zero-order valence-electron chi connectivity index (χ0n) is 12.6. The number of fused-ring (bicyclic) bond motifs is 1. The van der Waals surface area contributed by atoms with Crippen molar-refractivity contribution in [3.05, 3.63) is 29.3 Å². The number of sulfonamides is 1. The molecule has 0 aromatic heterocycles. The monoisotopic (exact) mass is 308 g/mol. The van der Waals surface area contributed by atoms with Crippen LogP contribution >= 0.6 is 0 Å². The van der Waals surface area contributed by atoms with Crippen molar-refractivity contribution >= 4 is 15.7 Å². The Morgan fingerprint density at radius 3 is 2.90 bits per heavy atom. The first-order valence-corrected chi connectivity index (χ1v) is 9.50. The van der Waals surface area contributed by atoms with Crippen LogP contribution in [-0.2, 0) is 16.4 Å². The van der Waals surface area contributed by atoms with Gasteiger partial charge in [0.1, 0.15) is 0 Å². The van der Waals surface area contributed by atoms with Gasteiger partial charge in [-0.25, -0.2) is 8.42 Å². The van der Waals surface area contributed by atoms with Crippen LogP contribution < -0.4 is 9.62 Å². The zero-order valence-corrected chi connectivity index (χ0v) is 13.5. The maximum atomic E-state index is 12.8. The Kier molecular flexibility index (Phi) is 4.22. The molecular formula is C16H24N2O2S. The normalized spacial score (nSPS) is 22.9. The second-order valence-corrected chi connectivity index (χ2v) is 8.17. The third-order valence-electron chi connectivity index (χ3n) is 4.47. The maximum Gasteiger partial charge on any atom is 0.236 e. The summed E-state index contributed by atoms with van der Waals surface area (Å²) in [6.07, 6.45) is 5.14. The standard InChI is InChI=1S/C16H24N2O2S/c1-13-7-8-16-14(11-13)5-4-10-18(16)21(19,20)12-15-6-2-3-9-17-15/h7-8,11,15,17H,2-6,9-10,12H2,1H3. The van der Waals surface area contributed by atoms with Crippen LogP contribution in [0.3, 0.4) is 0 Å². The van der Waals surface area contributed by atoms with Gasteiger partial charge in [0.2, 0.25) is 10.0 Å². The van der Waals surface area contributed by atoms with Crippen molar-refractivity contribution in [1.82, 2.24) is 5.32 Å². The molecule has 1 unspecified atom stereocenters. The molecule has 1 aromatic carbocycles. The van der Waals surface area contributed by atoms with E-state index in [0.717, 1.165) is 44.3 Å². The van der Waals surface area contributed by atoms with Gasteiger partial charge >= 0.3 is 0 Å². The molecule has 1 atom stereocenters. The fraction of sp³-hybridized carbons (Fsp3) is 0.625. The molecule has 116 valence electrons. The number of nitrogens with zero attached hydrogens (tertiary/aromatic N) is 1. The molecule has 21 heavy (non-hydrogen) atoms. The van der Waals surface area contributed by atoms with Crippen LogP contribution in [0.4, 0.5) is 5.69 Å². The van der Waals surface area contributed by atoms with Gasteiger partial charge in [0.15, 0.2) is 0 Å². The highest BCUT2D eigenvalue weighted by Crippen LogP contribution is 2.30. The molecule has 1 saturated heterocycles. The van der Waals surface area contributed by atoms with Crippen molar-refractivity contribution in [3.63, 3.8) is 0 Å². The number of aryl methyl sites for hydroxylation is 2. The van der Waals surface area contributed by atoms with Gasteiger partial charge < -0.3 is 5.32 Å². The van der Waals surface area contributed by atoms with Gasteiger partial charge in [-0.1, -0.05) is 24.1 Å². The zero-order chi connectivity index (χ0) is 14.9. The summed E-state index contributed by atoms with van der Waals surface area (Å²) in [5.74, 6) is 0.223. The molecule has 1 aromatic rings. The largest absolute Gasteiger partial charge is 0.313 e. The molecule has 2 heterocycles. The molecule has 1 N–H and O–H groups in total. The quantitative estimate of drug-likeness (QED) is 0.931. The van der Waals surface area contributed by atoms with E-state index in [1.165, 1.54) is 11.1 Å². The summed E-state index contributed by atoms with van der Waals surface area (Å²) in [4.78, 5) is 0. The van der Waals surface area contributed by atoms with E-state index in [2.05, 4.69) is 18.3 Å². The first-order valence-electron chi connectivity index (χ1n) is 7.89. The summed E-state index contributed by atoms with van der Waals surface area (Å²) >= 11 is 0. The summed E-state index contributed by atoms with van der Waals surface area (Å²) in [6, 6.07) is 6.21. The topological polar surface area (TPSA) is 49.4 Å². The Bertz CT molecular complexity index is 607. The Hall–Kier alpha value is -1.07. The van der Waals surface area contributed by atoms with E-state index in [4.69, 9.17) is 0 Å². The summed E-state index contributed by atoms with van der Waals surface area (Å²) < 4.78 is 27.2. The lowest BCUT2D eigenvalue weighted by Gasteiger charge is -2.33. The molecule has 0 spiro atoms. The molecule has 1 fully saturated rings. The number of nitrogens with one attached hydrogen (secondary N) is 1. The molecule has 0 bridgehead atoms. The van der Waals surface area contributed by atoms with Crippen molar-refractivity contribution in [3.8, 4) is 0 Å². The van der Waals surface area contributed by atoms with Crippen molar-refractivity contribution in [2.75, 3.05) is 23.1 Å². The van der Waals surface area contributed by atoms with E-state index in [1.807, 2.05) is 12.1 Å². The molecule has 2 aliphatic heterocycles. The van der Waals surface area contributed by atoms with Crippen molar-refractivity contribution in [2.45, 2.75) is 45.1 Å². The van der Waals surface area contributed by atoms with Crippen molar-refractivity contribution in [1.29, 1.82) is 0 Å². The Morgan fingerprint density at radius 2 is 2.14 bits per heavy atom. The van der Waals surface area contributed by atoms with Crippen LogP contribution in [0, 0.1) is 6.92 Å². The lowest BCUT2D eigenvalue weighted by Crippen LogP contribution is -2.45. The van der Waals surface area contributed by atoms with Crippen LogP contribution in [0.5, 0.6) is 0 Å². The second kappa shape index (κ2) is 5.97. The average Bonchev–Trinajstić information content (AvgIpc) is 2.47. The molecule has 2 aliphatic rings. The molecule has 0 amide bonds. The second-order valence-electron chi connectivity index (χ2n) is 6.23. The third-order valence-corrected chi connectivity index (χ3v) is 6.35. The van der Waals surface area contributed by atoms with Gasteiger partial charge in [-0.3, -0.25) is 4.31 Å². The van der Waals surface area contributed by atoms with Crippen LogP contribution in [0.25, 0.3) is 0 Å². The predicted octanol–water partition coefficient (Wildman–Crippen LogP) is 2.22. The number of anilines is 1. The Labute approximate surface area is 127 Å². The highest BCUT2D eigenvalue weighted by Gasteiger charge is 2.30. The molecule has 0 aliphatic carbocycles. The smallest absolute Gasteiger partial charge is 0.236 e. The first kappa shape index (κ1) is 14.9. The summed E-state index contributed by atoms with van der Waals surface area (Å²) in [6.45, 7) is 3.61. The van der Waals surface area contributed by atoms with Crippen LogP contribution in [0.15, 0.2) is 18.2 Å². The minimum Gasteiger partial charge on any atom is -0.313 e. The number of hydrogen-bond acceptors (Lipinski definition) is 3. The molecule has 5 heteroatoms. The predicted molar refractivity (Wildman–Crippen MR) is 86.3 cm³/mol. The van der Waals surface area contributed by atoms with E-state index >= 15 is 0 Å². The highest BCUT2D eigenvalue weighted by atomic mass is 32.2. The van der Waals surface area contributed by atoms with Gasteiger partial charge in [0.05, 0.1) is 11.4 Å². The molecular weight excluding hydrogens is 284 g/mol. The molecule has 0 saturated carbocycles. The third kappa shape index (κ3) is 3.24. The number of rotatable bonds is 3. The fourth-order valence-electron chi connectivity index (χ4n) is 3.39. The summed E-state index contributed by atoms with van der Waals surface area (Å²) in [7, 11) is -3.24. The van der Waals surface area contributed by atoms with Crippen molar-refractivity contribution in [2.24, 2.45) is 0 Å². The van der Waals surface area contributed by atoms with E-state index in [0.29, 0.717) is 6.54 Å². The number of hydrogen-bond donors (Lipinski definition) is 1.